The van der Waals surface area contributed by atoms with Crippen molar-refractivity contribution in [2.45, 2.75) is 32.2 Å². The van der Waals surface area contributed by atoms with Crippen LogP contribution in [0.15, 0.2) is 18.2 Å². The van der Waals surface area contributed by atoms with Gasteiger partial charge in [0.1, 0.15) is 6.04 Å². The zero-order valence-electron chi connectivity index (χ0n) is 10.4. The Morgan fingerprint density at radius 2 is 2.22 bits per heavy atom. The number of nitrogens with two attached hydrogens (primary N) is 1. The summed E-state index contributed by atoms with van der Waals surface area (Å²) in [6, 6.07) is 3.87. The second kappa shape index (κ2) is 6.86. The Morgan fingerprint density at radius 3 is 2.83 bits per heavy atom. The van der Waals surface area contributed by atoms with Gasteiger partial charge in [-0.1, -0.05) is 25.5 Å². The molecule has 0 aliphatic heterocycles. The Hall–Kier alpha value is -1.75. The van der Waals surface area contributed by atoms with E-state index in [4.69, 9.17) is 15.6 Å². The number of benzene rings is 1. The fraction of sp³-hybridized carbons (Fsp3) is 0.462. The van der Waals surface area contributed by atoms with Gasteiger partial charge in [-0.05, 0) is 12.5 Å². The van der Waals surface area contributed by atoms with Crippen LogP contribution in [0.2, 0.25) is 0 Å². The molecule has 4 N–H and O–H groups in total. The zero-order valence-corrected chi connectivity index (χ0v) is 10.4. The first kappa shape index (κ1) is 14.3. The minimum absolute atomic E-state index is 0.0150. The van der Waals surface area contributed by atoms with E-state index in [2.05, 4.69) is 0 Å². The number of phenolic OH excluding ortho intramolecular Hbond substituents is 1. The molecule has 0 radical (unpaired) electrons. The number of para-hydroxylation sites is 1. The molecule has 0 bridgehead atoms. The van der Waals surface area contributed by atoms with Crippen LogP contribution in [0, 0.1) is 0 Å². The fourth-order valence-corrected chi connectivity index (χ4v) is 1.54. The maximum absolute atomic E-state index is 10.7. The summed E-state index contributed by atoms with van der Waals surface area (Å²) in [6.07, 6.45) is 1.99. The second-order valence-electron chi connectivity index (χ2n) is 4.12. The number of hydrogen-bond acceptors (Lipinski definition) is 4. The van der Waals surface area contributed by atoms with Crippen LogP contribution >= 0.6 is 0 Å². The van der Waals surface area contributed by atoms with Gasteiger partial charge in [0.25, 0.3) is 0 Å². The van der Waals surface area contributed by atoms with Crippen molar-refractivity contribution in [1.82, 2.24) is 0 Å². The van der Waals surface area contributed by atoms with Gasteiger partial charge in [0.05, 0.1) is 6.61 Å². The molecule has 0 heterocycles. The first-order valence-corrected chi connectivity index (χ1v) is 5.98. The van der Waals surface area contributed by atoms with Crippen molar-refractivity contribution in [3.63, 3.8) is 0 Å². The lowest BCUT2D eigenvalue weighted by molar-refractivity contribution is -0.138. The minimum atomic E-state index is -1.07. The third-order valence-electron chi connectivity index (χ3n) is 2.58. The number of aliphatic carboxylic acids is 1. The average molecular weight is 253 g/mol. The Balaban J connectivity index is 2.82. The van der Waals surface area contributed by atoms with E-state index in [0.717, 1.165) is 12.8 Å². The summed E-state index contributed by atoms with van der Waals surface area (Å²) in [5.74, 6) is -0.721. The lowest BCUT2D eigenvalue weighted by atomic mass is 10.1. The molecule has 5 heteroatoms. The van der Waals surface area contributed by atoms with Crippen molar-refractivity contribution < 1.29 is 19.7 Å². The molecule has 0 aliphatic rings. The van der Waals surface area contributed by atoms with Crippen molar-refractivity contribution in [2.24, 2.45) is 5.73 Å². The van der Waals surface area contributed by atoms with Gasteiger partial charge in [0.15, 0.2) is 11.5 Å². The molecule has 0 aromatic heterocycles. The number of hydrogen-bond donors (Lipinski definition) is 3. The summed E-state index contributed by atoms with van der Waals surface area (Å²) in [4.78, 5) is 10.7. The van der Waals surface area contributed by atoms with E-state index in [-0.39, 0.29) is 12.2 Å². The second-order valence-corrected chi connectivity index (χ2v) is 4.12. The zero-order chi connectivity index (χ0) is 13.5. The molecule has 0 unspecified atom stereocenters. The first-order chi connectivity index (χ1) is 8.56. The maximum Gasteiger partial charge on any atom is 0.320 e. The standard InChI is InChI=1S/C13H19NO4/c1-2-3-7-18-12-9(5-4-6-11(12)15)8-10(14)13(16)17/h4-6,10,15H,2-3,7-8,14H2,1H3,(H,16,17)/t10-/m0/s1. The van der Waals surface area contributed by atoms with Gasteiger partial charge in [0.2, 0.25) is 0 Å². The molecule has 0 saturated carbocycles. The quantitative estimate of drug-likeness (QED) is 0.641. The molecule has 0 amide bonds. The van der Waals surface area contributed by atoms with Crippen molar-refractivity contribution in [1.29, 1.82) is 0 Å². The number of aromatic hydroxyl groups is 1. The van der Waals surface area contributed by atoms with E-state index >= 15 is 0 Å². The number of carbonyl (C=O) groups is 1. The highest BCUT2D eigenvalue weighted by molar-refractivity contribution is 5.73. The molecule has 1 aromatic carbocycles. The molecule has 18 heavy (non-hydrogen) atoms. The largest absolute Gasteiger partial charge is 0.504 e. The summed E-state index contributed by atoms with van der Waals surface area (Å²) >= 11 is 0. The molecule has 0 saturated heterocycles. The van der Waals surface area contributed by atoms with Crippen molar-refractivity contribution in [3.05, 3.63) is 23.8 Å². The van der Waals surface area contributed by atoms with Gasteiger partial charge in [-0.2, -0.15) is 0 Å². The number of unbranched alkanes of at least 4 members (excludes halogenated alkanes) is 1. The molecular weight excluding hydrogens is 234 g/mol. The molecule has 0 spiro atoms. The number of phenols is 1. The van der Waals surface area contributed by atoms with E-state index < -0.39 is 12.0 Å². The van der Waals surface area contributed by atoms with E-state index in [1.807, 2.05) is 6.92 Å². The molecule has 1 rings (SSSR count). The van der Waals surface area contributed by atoms with Gasteiger partial charge >= 0.3 is 5.97 Å². The van der Waals surface area contributed by atoms with Crippen molar-refractivity contribution in [2.75, 3.05) is 6.61 Å². The van der Waals surface area contributed by atoms with Crippen LogP contribution in [0.4, 0.5) is 0 Å². The summed E-state index contributed by atoms with van der Waals surface area (Å²) < 4.78 is 5.49. The summed E-state index contributed by atoms with van der Waals surface area (Å²) in [6.45, 7) is 2.53. The molecule has 1 aromatic rings. The summed E-state index contributed by atoms with van der Waals surface area (Å²) in [5.41, 5.74) is 6.10. The van der Waals surface area contributed by atoms with Crippen LogP contribution in [0.3, 0.4) is 0 Å². The van der Waals surface area contributed by atoms with Gasteiger partial charge in [-0.3, -0.25) is 4.79 Å². The predicted octanol–water partition coefficient (Wildman–Crippen LogP) is 1.53. The highest BCUT2D eigenvalue weighted by atomic mass is 16.5. The van der Waals surface area contributed by atoms with Gasteiger partial charge in [-0.25, -0.2) is 0 Å². The van der Waals surface area contributed by atoms with E-state index in [1.54, 1.807) is 12.1 Å². The summed E-state index contributed by atoms with van der Waals surface area (Å²) in [7, 11) is 0. The number of carboxylic acids is 1. The van der Waals surface area contributed by atoms with Gasteiger partial charge < -0.3 is 20.7 Å². The molecule has 1 atom stereocenters. The van der Waals surface area contributed by atoms with Crippen molar-refractivity contribution >= 4 is 5.97 Å². The van der Waals surface area contributed by atoms with Crippen LogP contribution in [0.5, 0.6) is 11.5 Å². The fourth-order valence-electron chi connectivity index (χ4n) is 1.54. The Labute approximate surface area is 106 Å². The van der Waals surface area contributed by atoms with Crippen LogP contribution in [-0.4, -0.2) is 28.8 Å². The topological polar surface area (TPSA) is 92.8 Å². The molecule has 0 aliphatic carbocycles. The Bertz CT molecular complexity index is 406. The van der Waals surface area contributed by atoms with E-state index in [9.17, 15) is 9.90 Å². The monoisotopic (exact) mass is 253 g/mol. The lowest BCUT2D eigenvalue weighted by Gasteiger charge is -2.14. The average Bonchev–Trinajstić information content (AvgIpc) is 2.32. The van der Waals surface area contributed by atoms with E-state index in [0.29, 0.717) is 17.9 Å². The van der Waals surface area contributed by atoms with Crippen LogP contribution in [0.25, 0.3) is 0 Å². The predicted molar refractivity (Wildman–Crippen MR) is 67.8 cm³/mol. The van der Waals surface area contributed by atoms with Crippen LogP contribution in [0.1, 0.15) is 25.3 Å². The lowest BCUT2D eigenvalue weighted by Crippen LogP contribution is -2.32. The molecule has 0 fully saturated rings. The van der Waals surface area contributed by atoms with Crippen LogP contribution in [-0.2, 0) is 11.2 Å². The third-order valence-corrected chi connectivity index (χ3v) is 2.58. The normalized spacial score (nSPS) is 12.1. The third kappa shape index (κ3) is 3.92. The number of ether oxygens (including phenoxy) is 1. The Morgan fingerprint density at radius 1 is 1.50 bits per heavy atom. The van der Waals surface area contributed by atoms with Crippen molar-refractivity contribution in [3.8, 4) is 11.5 Å². The molecular formula is C13H19NO4. The first-order valence-electron chi connectivity index (χ1n) is 5.98. The number of rotatable bonds is 7. The molecule has 5 nitrogen and oxygen atoms in total. The van der Waals surface area contributed by atoms with E-state index in [1.165, 1.54) is 6.07 Å². The summed E-state index contributed by atoms with van der Waals surface area (Å²) in [5, 5.41) is 18.5. The Kier molecular flexibility index (Phi) is 5.45. The SMILES string of the molecule is CCCCOc1c(O)cccc1C[C@H](N)C(=O)O. The minimum Gasteiger partial charge on any atom is -0.504 e. The number of carboxylic acid groups (broad SMARTS) is 1. The van der Waals surface area contributed by atoms with Gasteiger partial charge in [-0.15, -0.1) is 0 Å². The maximum atomic E-state index is 10.7. The highest BCUT2D eigenvalue weighted by Gasteiger charge is 2.17. The molecule has 100 valence electrons. The van der Waals surface area contributed by atoms with Gasteiger partial charge in [0, 0.05) is 12.0 Å². The van der Waals surface area contributed by atoms with Crippen LogP contribution < -0.4 is 10.5 Å². The highest BCUT2D eigenvalue weighted by Crippen LogP contribution is 2.30. The smallest absolute Gasteiger partial charge is 0.320 e.